The van der Waals surface area contributed by atoms with Gasteiger partial charge in [-0.1, -0.05) is 23.9 Å². The van der Waals surface area contributed by atoms with E-state index in [0.29, 0.717) is 17.4 Å². The van der Waals surface area contributed by atoms with Crippen molar-refractivity contribution in [3.63, 3.8) is 0 Å². The Balaban J connectivity index is 1.87. The number of carbonyl (C=O) groups excluding carboxylic acids is 2. The van der Waals surface area contributed by atoms with E-state index in [1.165, 1.54) is 30.9 Å². The summed E-state index contributed by atoms with van der Waals surface area (Å²) in [7, 11) is 3.13. The van der Waals surface area contributed by atoms with Gasteiger partial charge in [-0.3, -0.25) is 14.5 Å². The van der Waals surface area contributed by atoms with Gasteiger partial charge in [-0.05, 0) is 42.0 Å². The van der Waals surface area contributed by atoms with E-state index in [9.17, 15) is 14.0 Å². The van der Waals surface area contributed by atoms with E-state index in [2.05, 4.69) is 10.3 Å². The highest BCUT2D eigenvalue weighted by Crippen LogP contribution is 2.33. The number of halogens is 1. The highest BCUT2D eigenvalue weighted by molar-refractivity contribution is 8.15. The zero-order chi connectivity index (χ0) is 20.1. The molecule has 0 aliphatic carbocycles. The minimum Gasteiger partial charge on any atom is -0.497 e. The zero-order valence-corrected chi connectivity index (χ0v) is 16.3. The van der Waals surface area contributed by atoms with Crippen molar-refractivity contribution in [1.82, 2.24) is 10.2 Å². The minimum atomic E-state index is -0.544. The molecule has 6 nitrogen and oxygen atoms in total. The standard InChI is InChI=1S/C20H20FN3O3S/c1-22-18(25)11-17-19(26)24(12-13-3-9-16(27-2)10-4-13)20(28-17)23-15-7-5-14(21)6-8-15/h3-10,17H,11-12H2,1-2H3,(H,22,25)/t17-/m1/s1. The summed E-state index contributed by atoms with van der Waals surface area (Å²) in [6.07, 6.45) is 0.0710. The van der Waals surface area contributed by atoms with Crippen molar-refractivity contribution < 1.29 is 18.7 Å². The largest absolute Gasteiger partial charge is 0.497 e. The number of hydrogen-bond donors (Lipinski definition) is 1. The van der Waals surface area contributed by atoms with Gasteiger partial charge in [0.25, 0.3) is 0 Å². The Hall–Kier alpha value is -2.87. The van der Waals surface area contributed by atoms with Crippen LogP contribution in [0.15, 0.2) is 53.5 Å². The number of amides is 2. The van der Waals surface area contributed by atoms with Crippen LogP contribution in [0.5, 0.6) is 5.75 Å². The summed E-state index contributed by atoms with van der Waals surface area (Å²) in [6, 6.07) is 13.1. The fraction of sp³-hybridized carbons (Fsp3) is 0.250. The normalized spacial score (nSPS) is 17.8. The van der Waals surface area contributed by atoms with E-state index in [-0.39, 0.29) is 24.1 Å². The number of nitrogens with one attached hydrogen (secondary N) is 1. The lowest BCUT2D eigenvalue weighted by atomic mass is 10.2. The topological polar surface area (TPSA) is 71.0 Å². The molecule has 146 valence electrons. The fourth-order valence-electron chi connectivity index (χ4n) is 2.68. The summed E-state index contributed by atoms with van der Waals surface area (Å²) < 4.78 is 18.3. The SMILES string of the molecule is CNC(=O)C[C@H]1SC(=Nc2ccc(F)cc2)N(Cc2ccc(OC)cc2)C1=O. The molecule has 0 spiro atoms. The summed E-state index contributed by atoms with van der Waals surface area (Å²) >= 11 is 1.24. The molecule has 1 heterocycles. The lowest BCUT2D eigenvalue weighted by Crippen LogP contribution is -2.33. The highest BCUT2D eigenvalue weighted by atomic mass is 32.2. The van der Waals surface area contributed by atoms with Gasteiger partial charge >= 0.3 is 0 Å². The molecule has 1 fully saturated rings. The van der Waals surface area contributed by atoms with Gasteiger partial charge in [0.15, 0.2) is 5.17 Å². The Morgan fingerprint density at radius 1 is 1.21 bits per heavy atom. The van der Waals surface area contributed by atoms with Gasteiger partial charge in [-0.2, -0.15) is 0 Å². The third kappa shape index (κ3) is 4.69. The zero-order valence-electron chi connectivity index (χ0n) is 15.5. The predicted octanol–water partition coefficient (Wildman–Crippen LogP) is 3.10. The van der Waals surface area contributed by atoms with Gasteiger partial charge in [0.05, 0.1) is 19.3 Å². The van der Waals surface area contributed by atoms with Gasteiger partial charge in [0.1, 0.15) is 16.8 Å². The Kier molecular flexibility index (Phi) is 6.30. The molecule has 8 heteroatoms. The molecule has 2 amide bonds. The number of methoxy groups -OCH3 is 1. The molecule has 0 radical (unpaired) electrons. The van der Waals surface area contributed by atoms with Gasteiger partial charge < -0.3 is 10.1 Å². The molecule has 28 heavy (non-hydrogen) atoms. The van der Waals surface area contributed by atoms with Crippen molar-refractivity contribution >= 4 is 34.4 Å². The van der Waals surface area contributed by atoms with E-state index < -0.39 is 5.25 Å². The van der Waals surface area contributed by atoms with Gasteiger partial charge in [-0.25, -0.2) is 9.38 Å². The Morgan fingerprint density at radius 3 is 2.50 bits per heavy atom. The van der Waals surface area contributed by atoms with E-state index >= 15 is 0 Å². The monoisotopic (exact) mass is 401 g/mol. The maximum Gasteiger partial charge on any atom is 0.242 e. The number of amidine groups is 1. The number of benzene rings is 2. The fourth-order valence-corrected chi connectivity index (χ4v) is 3.84. The van der Waals surface area contributed by atoms with E-state index in [4.69, 9.17) is 4.74 Å². The van der Waals surface area contributed by atoms with E-state index in [1.807, 2.05) is 24.3 Å². The predicted molar refractivity (Wildman–Crippen MR) is 107 cm³/mol. The van der Waals surface area contributed by atoms with Crippen LogP contribution < -0.4 is 10.1 Å². The first-order valence-electron chi connectivity index (χ1n) is 8.66. The second-order valence-corrected chi connectivity index (χ2v) is 7.30. The van der Waals surface area contributed by atoms with Crippen LogP contribution in [-0.2, 0) is 16.1 Å². The lowest BCUT2D eigenvalue weighted by Gasteiger charge is -2.17. The maximum atomic E-state index is 13.2. The number of thioether (sulfide) groups is 1. The second kappa shape index (κ2) is 8.88. The van der Waals surface area contributed by atoms with Crippen molar-refractivity contribution in [3.8, 4) is 5.75 Å². The van der Waals surface area contributed by atoms with Crippen LogP contribution in [0.1, 0.15) is 12.0 Å². The van der Waals surface area contributed by atoms with Gasteiger partial charge in [0, 0.05) is 13.5 Å². The summed E-state index contributed by atoms with van der Waals surface area (Å²) in [6.45, 7) is 0.320. The summed E-state index contributed by atoms with van der Waals surface area (Å²) in [5.41, 5.74) is 1.44. The van der Waals surface area contributed by atoms with Crippen molar-refractivity contribution in [2.45, 2.75) is 18.2 Å². The van der Waals surface area contributed by atoms with Crippen molar-refractivity contribution in [3.05, 3.63) is 59.9 Å². The number of ether oxygens (including phenoxy) is 1. The van der Waals surface area contributed by atoms with Crippen LogP contribution in [0, 0.1) is 5.82 Å². The summed E-state index contributed by atoms with van der Waals surface area (Å²) in [5, 5.41) is 2.49. The number of hydrogen-bond acceptors (Lipinski definition) is 5. The molecule has 0 unspecified atom stereocenters. The molecule has 2 aromatic carbocycles. The molecule has 0 aromatic heterocycles. The van der Waals surface area contributed by atoms with E-state index in [0.717, 1.165) is 11.3 Å². The Morgan fingerprint density at radius 2 is 1.89 bits per heavy atom. The third-order valence-corrected chi connectivity index (χ3v) is 5.40. The lowest BCUT2D eigenvalue weighted by molar-refractivity contribution is -0.129. The summed E-state index contributed by atoms with van der Waals surface area (Å²) in [4.78, 5) is 30.7. The maximum absolute atomic E-state index is 13.2. The number of aliphatic imine (C=N–C) groups is 1. The van der Waals surface area contributed by atoms with Crippen LogP contribution in [0.4, 0.5) is 10.1 Å². The number of nitrogens with zero attached hydrogens (tertiary/aromatic N) is 2. The molecular weight excluding hydrogens is 381 g/mol. The molecular formula is C20H20FN3O3S. The highest BCUT2D eigenvalue weighted by Gasteiger charge is 2.39. The smallest absolute Gasteiger partial charge is 0.242 e. The molecule has 1 aliphatic heterocycles. The first-order chi connectivity index (χ1) is 13.5. The Bertz CT molecular complexity index is 885. The summed E-state index contributed by atoms with van der Waals surface area (Å²) in [5.74, 6) is -0.0150. The average molecular weight is 401 g/mol. The first-order valence-corrected chi connectivity index (χ1v) is 9.54. The van der Waals surface area contributed by atoms with Crippen LogP contribution >= 0.6 is 11.8 Å². The molecule has 2 aromatic rings. The molecule has 0 saturated carbocycles. The van der Waals surface area contributed by atoms with Gasteiger partial charge in [-0.15, -0.1) is 0 Å². The molecule has 1 saturated heterocycles. The van der Waals surface area contributed by atoms with Crippen LogP contribution in [0.25, 0.3) is 0 Å². The molecule has 1 N–H and O–H groups in total. The average Bonchev–Trinajstić information content (AvgIpc) is 2.99. The minimum absolute atomic E-state index is 0.0710. The molecule has 0 bridgehead atoms. The first kappa shape index (κ1) is 19.9. The van der Waals surface area contributed by atoms with Gasteiger partial charge in [0.2, 0.25) is 11.8 Å². The molecule has 1 aliphatic rings. The van der Waals surface area contributed by atoms with Crippen molar-refractivity contribution in [2.24, 2.45) is 4.99 Å². The van der Waals surface area contributed by atoms with Crippen molar-refractivity contribution in [2.75, 3.05) is 14.2 Å². The molecule has 3 rings (SSSR count). The third-order valence-electron chi connectivity index (χ3n) is 4.22. The number of carbonyl (C=O) groups is 2. The second-order valence-electron chi connectivity index (χ2n) is 6.13. The van der Waals surface area contributed by atoms with E-state index in [1.54, 1.807) is 24.1 Å². The number of rotatable bonds is 6. The van der Waals surface area contributed by atoms with Crippen LogP contribution in [-0.4, -0.2) is 41.3 Å². The van der Waals surface area contributed by atoms with Crippen LogP contribution in [0.2, 0.25) is 0 Å². The Labute approximate surface area is 166 Å². The van der Waals surface area contributed by atoms with Crippen molar-refractivity contribution in [1.29, 1.82) is 0 Å². The van der Waals surface area contributed by atoms with Crippen LogP contribution in [0.3, 0.4) is 0 Å². The molecule has 1 atom stereocenters. The quantitative estimate of drug-likeness (QED) is 0.808.